The molecular formula is C21H33N3O3S. The Hall–Kier alpha value is -1.44. The first-order chi connectivity index (χ1) is 13.2. The van der Waals surface area contributed by atoms with Gasteiger partial charge in [-0.15, -0.1) is 0 Å². The first kappa shape index (κ1) is 21.3. The Morgan fingerprint density at radius 3 is 2.25 bits per heavy atom. The zero-order valence-corrected chi connectivity index (χ0v) is 18.3. The molecule has 2 aliphatic heterocycles. The van der Waals surface area contributed by atoms with Crippen LogP contribution in [0.3, 0.4) is 0 Å². The van der Waals surface area contributed by atoms with Gasteiger partial charge < -0.3 is 4.90 Å². The summed E-state index contributed by atoms with van der Waals surface area (Å²) < 4.78 is 27.6. The molecule has 0 unspecified atom stereocenters. The van der Waals surface area contributed by atoms with E-state index in [0.29, 0.717) is 49.5 Å². The van der Waals surface area contributed by atoms with Crippen molar-refractivity contribution < 1.29 is 13.2 Å². The minimum absolute atomic E-state index is 0.116. The molecule has 7 heteroatoms. The van der Waals surface area contributed by atoms with E-state index in [2.05, 4.69) is 18.7 Å². The molecule has 0 aliphatic carbocycles. The van der Waals surface area contributed by atoms with Gasteiger partial charge in [0.1, 0.15) is 0 Å². The minimum atomic E-state index is -3.52. The summed E-state index contributed by atoms with van der Waals surface area (Å²) in [5.74, 6) is 1.36. The first-order valence-corrected chi connectivity index (χ1v) is 11.7. The standard InChI is InChI=1S/C21H33N3O3S/c1-16-5-6-19(4)20(12-16)28(26,27)24-9-7-23(8-10-24)21(25)15-22-13-17(2)11-18(3)14-22/h5-6,12,17-18H,7-11,13-15H2,1-4H3/t17-,18-/m1/s1. The van der Waals surface area contributed by atoms with E-state index in [9.17, 15) is 13.2 Å². The monoisotopic (exact) mass is 407 g/mol. The summed E-state index contributed by atoms with van der Waals surface area (Å²) in [5.41, 5.74) is 1.69. The van der Waals surface area contributed by atoms with Crippen molar-refractivity contribution >= 4 is 15.9 Å². The van der Waals surface area contributed by atoms with Gasteiger partial charge in [-0.25, -0.2) is 8.42 Å². The lowest BCUT2D eigenvalue weighted by atomic mass is 9.92. The third kappa shape index (κ3) is 4.75. The number of hydrogen-bond acceptors (Lipinski definition) is 4. The Morgan fingerprint density at radius 1 is 1.04 bits per heavy atom. The van der Waals surface area contributed by atoms with Crippen molar-refractivity contribution in [3.63, 3.8) is 0 Å². The zero-order chi connectivity index (χ0) is 20.5. The Kier molecular flexibility index (Phi) is 6.47. The number of amides is 1. The van der Waals surface area contributed by atoms with E-state index in [4.69, 9.17) is 0 Å². The number of aryl methyl sites for hydroxylation is 2. The van der Waals surface area contributed by atoms with Crippen molar-refractivity contribution in [3.05, 3.63) is 29.3 Å². The second kappa shape index (κ2) is 8.51. The van der Waals surface area contributed by atoms with Gasteiger partial charge in [0, 0.05) is 39.3 Å². The third-order valence-corrected chi connectivity index (χ3v) is 7.90. The summed E-state index contributed by atoms with van der Waals surface area (Å²) in [6, 6.07) is 5.51. The summed E-state index contributed by atoms with van der Waals surface area (Å²) in [6.45, 7) is 12.2. The average Bonchev–Trinajstić information content (AvgIpc) is 2.63. The van der Waals surface area contributed by atoms with Crippen LogP contribution in [0.5, 0.6) is 0 Å². The van der Waals surface area contributed by atoms with E-state index in [1.807, 2.05) is 30.9 Å². The predicted octanol–water partition coefficient (Wildman–Crippen LogP) is 2.11. The van der Waals surface area contributed by atoms with Gasteiger partial charge >= 0.3 is 0 Å². The fourth-order valence-electron chi connectivity index (χ4n) is 4.51. The molecule has 28 heavy (non-hydrogen) atoms. The molecule has 1 aromatic carbocycles. The molecule has 0 bridgehead atoms. The van der Waals surface area contributed by atoms with Gasteiger partial charge in [0.05, 0.1) is 11.4 Å². The highest BCUT2D eigenvalue weighted by Gasteiger charge is 2.32. The van der Waals surface area contributed by atoms with Gasteiger partial charge in [-0.3, -0.25) is 9.69 Å². The lowest BCUT2D eigenvalue weighted by Crippen LogP contribution is -2.53. The lowest BCUT2D eigenvalue weighted by Gasteiger charge is -2.38. The Morgan fingerprint density at radius 2 is 1.64 bits per heavy atom. The zero-order valence-electron chi connectivity index (χ0n) is 17.5. The van der Waals surface area contributed by atoms with Crippen LogP contribution >= 0.6 is 0 Å². The molecule has 2 saturated heterocycles. The van der Waals surface area contributed by atoms with Crippen LogP contribution in [0.1, 0.15) is 31.4 Å². The molecule has 0 aromatic heterocycles. The molecule has 2 aliphatic rings. The molecule has 3 rings (SSSR count). The number of nitrogens with zero attached hydrogens (tertiary/aromatic N) is 3. The van der Waals surface area contributed by atoms with Crippen LogP contribution in [0.25, 0.3) is 0 Å². The molecule has 0 N–H and O–H groups in total. The quantitative estimate of drug-likeness (QED) is 0.767. The molecule has 2 fully saturated rings. The molecule has 0 radical (unpaired) electrons. The summed E-state index contributed by atoms with van der Waals surface area (Å²) in [6.07, 6.45) is 1.22. The van der Waals surface area contributed by atoms with Crippen molar-refractivity contribution in [2.45, 2.75) is 39.0 Å². The number of likely N-dealkylation sites (tertiary alicyclic amines) is 1. The van der Waals surface area contributed by atoms with Crippen LogP contribution in [0.2, 0.25) is 0 Å². The Bertz CT molecular complexity index is 806. The Labute approximate surface area is 169 Å². The second-order valence-corrected chi connectivity index (χ2v) is 10.6. The topological polar surface area (TPSA) is 60.9 Å². The molecule has 1 amide bonds. The number of hydrogen-bond donors (Lipinski definition) is 0. The lowest BCUT2D eigenvalue weighted by molar-refractivity contribution is -0.134. The third-order valence-electron chi connectivity index (χ3n) is 5.86. The van der Waals surface area contributed by atoms with Crippen molar-refractivity contribution in [3.8, 4) is 0 Å². The van der Waals surface area contributed by atoms with Crippen LogP contribution in [0.4, 0.5) is 0 Å². The van der Waals surface area contributed by atoms with Crippen molar-refractivity contribution in [1.82, 2.24) is 14.1 Å². The molecule has 0 spiro atoms. The first-order valence-electron chi connectivity index (χ1n) is 10.2. The highest BCUT2D eigenvalue weighted by Crippen LogP contribution is 2.23. The number of piperidine rings is 1. The molecule has 0 saturated carbocycles. The number of rotatable bonds is 4. The Balaban J connectivity index is 1.59. The number of benzene rings is 1. The number of carbonyl (C=O) groups is 1. The molecule has 156 valence electrons. The van der Waals surface area contributed by atoms with Crippen LogP contribution in [-0.2, 0) is 14.8 Å². The van der Waals surface area contributed by atoms with E-state index in [0.717, 1.165) is 24.2 Å². The van der Waals surface area contributed by atoms with Crippen LogP contribution in [0, 0.1) is 25.7 Å². The molecule has 6 nitrogen and oxygen atoms in total. The largest absolute Gasteiger partial charge is 0.339 e. The number of sulfonamides is 1. The smallest absolute Gasteiger partial charge is 0.243 e. The van der Waals surface area contributed by atoms with Crippen LogP contribution in [-0.4, -0.2) is 74.2 Å². The summed E-state index contributed by atoms with van der Waals surface area (Å²) in [5, 5.41) is 0. The fraction of sp³-hybridized carbons (Fsp3) is 0.667. The van der Waals surface area contributed by atoms with Crippen molar-refractivity contribution in [1.29, 1.82) is 0 Å². The average molecular weight is 408 g/mol. The summed E-state index contributed by atoms with van der Waals surface area (Å²) in [7, 11) is -3.52. The van der Waals surface area contributed by atoms with Gasteiger partial charge in [0.25, 0.3) is 0 Å². The second-order valence-electron chi connectivity index (χ2n) is 8.69. The van der Waals surface area contributed by atoms with Gasteiger partial charge in [-0.1, -0.05) is 26.0 Å². The summed E-state index contributed by atoms with van der Waals surface area (Å²) in [4.78, 5) is 17.2. The molecule has 2 atom stereocenters. The highest BCUT2D eigenvalue weighted by molar-refractivity contribution is 7.89. The summed E-state index contributed by atoms with van der Waals surface area (Å²) >= 11 is 0. The van der Waals surface area contributed by atoms with Gasteiger partial charge in [-0.05, 0) is 49.3 Å². The minimum Gasteiger partial charge on any atom is -0.339 e. The van der Waals surface area contributed by atoms with E-state index < -0.39 is 10.0 Å². The van der Waals surface area contributed by atoms with Gasteiger partial charge in [-0.2, -0.15) is 4.31 Å². The maximum atomic E-state index is 13.0. The van der Waals surface area contributed by atoms with E-state index in [1.54, 1.807) is 6.07 Å². The van der Waals surface area contributed by atoms with Gasteiger partial charge in [0.15, 0.2) is 0 Å². The van der Waals surface area contributed by atoms with E-state index >= 15 is 0 Å². The number of carbonyl (C=O) groups excluding carboxylic acids is 1. The number of piperazine rings is 1. The van der Waals surface area contributed by atoms with E-state index in [1.165, 1.54) is 10.7 Å². The van der Waals surface area contributed by atoms with Crippen LogP contribution in [0.15, 0.2) is 23.1 Å². The molecular weight excluding hydrogens is 374 g/mol. The molecule has 2 heterocycles. The molecule has 1 aromatic rings. The maximum absolute atomic E-state index is 13.0. The fourth-order valence-corrected chi connectivity index (χ4v) is 6.25. The van der Waals surface area contributed by atoms with Crippen LogP contribution < -0.4 is 0 Å². The van der Waals surface area contributed by atoms with Gasteiger partial charge in [0.2, 0.25) is 15.9 Å². The maximum Gasteiger partial charge on any atom is 0.243 e. The SMILES string of the molecule is Cc1ccc(C)c(S(=O)(=O)N2CCN(C(=O)CN3C[C@H](C)C[C@@H](C)C3)CC2)c1. The van der Waals surface area contributed by atoms with E-state index in [-0.39, 0.29) is 5.91 Å². The highest BCUT2D eigenvalue weighted by atomic mass is 32.2. The van der Waals surface area contributed by atoms with Crippen molar-refractivity contribution in [2.24, 2.45) is 11.8 Å². The normalized spacial score (nSPS) is 25.1. The predicted molar refractivity (Wildman–Crippen MR) is 111 cm³/mol. The van der Waals surface area contributed by atoms with Crippen molar-refractivity contribution in [2.75, 3.05) is 45.8 Å².